The van der Waals surface area contributed by atoms with Crippen LogP contribution in [0.5, 0.6) is 0 Å². The molecule has 108 valence electrons. The molecule has 0 atom stereocenters. The Morgan fingerprint density at radius 3 is 2.60 bits per heavy atom. The number of ether oxygens (including phenoxy) is 1. The van der Waals surface area contributed by atoms with Gasteiger partial charge in [-0.1, -0.05) is 12.6 Å². The highest BCUT2D eigenvalue weighted by atomic mass is 19.1. The van der Waals surface area contributed by atoms with Crippen molar-refractivity contribution in [1.82, 2.24) is 0 Å². The molecule has 0 spiro atoms. The maximum absolute atomic E-state index is 13.3. The number of anilines is 1. The van der Waals surface area contributed by atoms with Crippen molar-refractivity contribution >= 4 is 17.6 Å². The third-order valence-electron chi connectivity index (χ3n) is 2.30. The van der Waals surface area contributed by atoms with Crippen LogP contribution < -0.4 is 5.32 Å². The number of carbonyl (C=O) groups is 2. The number of benzene rings is 1. The van der Waals surface area contributed by atoms with Gasteiger partial charge in [-0.05, 0) is 44.5 Å². The molecule has 1 rings (SSSR count). The van der Waals surface area contributed by atoms with Gasteiger partial charge in [0.1, 0.15) is 11.4 Å². The number of hydrogen-bond acceptors (Lipinski definition) is 3. The summed E-state index contributed by atoms with van der Waals surface area (Å²) < 4.78 is 18.3. The highest BCUT2D eigenvalue weighted by molar-refractivity contribution is 5.93. The van der Waals surface area contributed by atoms with E-state index in [9.17, 15) is 14.0 Å². The first kappa shape index (κ1) is 15.9. The molecule has 0 bridgehead atoms. The lowest BCUT2D eigenvalue weighted by atomic mass is 10.1. The van der Waals surface area contributed by atoms with E-state index in [1.165, 1.54) is 18.2 Å². The molecule has 1 aromatic rings. The molecule has 0 saturated heterocycles. The van der Waals surface area contributed by atoms with Crippen LogP contribution in [0.15, 0.2) is 30.9 Å². The van der Waals surface area contributed by atoms with E-state index >= 15 is 0 Å². The van der Waals surface area contributed by atoms with Crippen molar-refractivity contribution in [3.8, 4) is 0 Å². The molecule has 0 radical (unpaired) electrons. The molecule has 4 nitrogen and oxygen atoms in total. The van der Waals surface area contributed by atoms with E-state index in [-0.39, 0.29) is 17.9 Å². The normalized spacial score (nSPS) is 10.8. The lowest BCUT2D eigenvalue weighted by molar-refractivity contribution is -0.114. The Bertz CT molecular complexity index is 532. The van der Waals surface area contributed by atoms with E-state index in [1.54, 1.807) is 20.8 Å². The van der Waals surface area contributed by atoms with Gasteiger partial charge >= 0.3 is 6.09 Å². The Hall–Kier alpha value is -2.17. The molecule has 1 N–H and O–H groups in total. The van der Waals surface area contributed by atoms with Gasteiger partial charge in [0.2, 0.25) is 0 Å². The molecule has 0 heterocycles. The molecule has 0 fully saturated rings. The van der Waals surface area contributed by atoms with Crippen LogP contribution in [0.4, 0.5) is 14.9 Å². The fourth-order valence-electron chi connectivity index (χ4n) is 1.49. The fourth-order valence-corrected chi connectivity index (χ4v) is 1.49. The van der Waals surface area contributed by atoms with Gasteiger partial charge in [-0.3, -0.25) is 10.1 Å². The standard InChI is InChI=1S/C15H18FNO3/c1-5-12(18)8-10-6-7-11(16)9-13(10)17-14(19)20-15(2,3)4/h5-7,9H,1,8H2,2-4H3,(H,17,19). The molecule has 0 aromatic heterocycles. The zero-order valence-corrected chi connectivity index (χ0v) is 11.8. The van der Waals surface area contributed by atoms with Gasteiger partial charge in [-0.25, -0.2) is 9.18 Å². The molecule has 0 saturated carbocycles. The first-order chi connectivity index (χ1) is 9.21. The van der Waals surface area contributed by atoms with Crippen molar-refractivity contribution in [2.45, 2.75) is 32.8 Å². The van der Waals surface area contributed by atoms with Crippen LogP contribution in [0.2, 0.25) is 0 Å². The quantitative estimate of drug-likeness (QED) is 0.859. The number of nitrogens with one attached hydrogen (secondary N) is 1. The Labute approximate surface area is 117 Å². The number of ketones is 1. The summed E-state index contributed by atoms with van der Waals surface area (Å²) in [6.45, 7) is 8.55. The molecule has 0 unspecified atom stereocenters. The molecule has 0 aliphatic carbocycles. The topological polar surface area (TPSA) is 55.4 Å². The summed E-state index contributed by atoms with van der Waals surface area (Å²) in [7, 11) is 0. The number of rotatable bonds is 4. The summed E-state index contributed by atoms with van der Waals surface area (Å²) >= 11 is 0. The Morgan fingerprint density at radius 2 is 2.05 bits per heavy atom. The number of allylic oxidation sites excluding steroid dienone is 1. The SMILES string of the molecule is C=CC(=O)Cc1ccc(F)cc1NC(=O)OC(C)(C)C. The molecular formula is C15H18FNO3. The molecular weight excluding hydrogens is 261 g/mol. The zero-order chi connectivity index (χ0) is 15.3. The maximum atomic E-state index is 13.3. The average Bonchev–Trinajstić information content (AvgIpc) is 2.29. The van der Waals surface area contributed by atoms with Gasteiger partial charge in [0, 0.05) is 6.42 Å². The van der Waals surface area contributed by atoms with Gasteiger partial charge in [-0.2, -0.15) is 0 Å². The Kier molecular flexibility index (Phi) is 5.02. The minimum atomic E-state index is -0.699. The molecule has 1 aromatic carbocycles. The highest BCUT2D eigenvalue weighted by Crippen LogP contribution is 2.19. The Balaban J connectivity index is 2.92. The van der Waals surface area contributed by atoms with Crippen LogP contribution in [0.1, 0.15) is 26.3 Å². The molecule has 0 aliphatic rings. The first-order valence-corrected chi connectivity index (χ1v) is 6.15. The Morgan fingerprint density at radius 1 is 1.40 bits per heavy atom. The van der Waals surface area contributed by atoms with Gasteiger partial charge in [0.05, 0.1) is 5.69 Å². The van der Waals surface area contributed by atoms with Crippen molar-refractivity contribution in [1.29, 1.82) is 0 Å². The van der Waals surface area contributed by atoms with Crippen molar-refractivity contribution in [2.75, 3.05) is 5.32 Å². The van der Waals surface area contributed by atoms with Gasteiger partial charge < -0.3 is 4.74 Å². The summed E-state index contributed by atoms with van der Waals surface area (Å²) in [5.41, 5.74) is 0.0609. The second-order valence-corrected chi connectivity index (χ2v) is 5.28. The molecule has 5 heteroatoms. The summed E-state index contributed by atoms with van der Waals surface area (Å²) in [6, 6.07) is 3.82. The van der Waals surface area contributed by atoms with Crippen LogP contribution in [0.25, 0.3) is 0 Å². The van der Waals surface area contributed by atoms with Crippen LogP contribution in [-0.2, 0) is 16.0 Å². The zero-order valence-electron chi connectivity index (χ0n) is 11.8. The summed E-state index contributed by atoms with van der Waals surface area (Å²) in [6.07, 6.45) is 0.519. The average molecular weight is 279 g/mol. The van der Waals surface area contributed by atoms with Crippen molar-refractivity contribution in [3.63, 3.8) is 0 Å². The van der Waals surface area contributed by atoms with Crippen molar-refractivity contribution < 1.29 is 18.7 Å². The second-order valence-electron chi connectivity index (χ2n) is 5.28. The van der Waals surface area contributed by atoms with Crippen LogP contribution in [0, 0.1) is 5.82 Å². The molecule has 20 heavy (non-hydrogen) atoms. The lowest BCUT2D eigenvalue weighted by Crippen LogP contribution is -2.27. The smallest absolute Gasteiger partial charge is 0.412 e. The van der Waals surface area contributed by atoms with Crippen LogP contribution in [0.3, 0.4) is 0 Å². The highest BCUT2D eigenvalue weighted by Gasteiger charge is 2.17. The van der Waals surface area contributed by atoms with Crippen LogP contribution in [-0.4, -0.2) is 17.5 Å². The summed E-state index contributed by atoms with van der Waals surface area (Å²) in [5.74, 6) is -0.727. The monoisotopic (exact) mass is 279 g/mol. The number of carbonyl (C=O) groups excluding carboxylic acids is 2. The third kappa shape index (κ3) is 5.22. The van der Waals surface area contributed by atoms with Gasteiger partial charge in [-0.15, -0.1) is 0 Å². The number of amides is 1. The van der Waals surface area contributed by atoms with E-state index in [2.05, 4.69) is 11.9 Å². The fraction of sp³-hybridized carbons (Fsp3) is 0.333. The minimum absolute atomic E-state index is 0.0366. The van der Waals surface area contributed by atoms with E-state index in [1.807, 2.05) is 0 Å². The predicted octanol–water partition coefficient (Wildman–Crippen LogP) is 3.47. The van der Waals surface area contributed by atoms with E-state index in [0.717, 1.165) is 6.07 Å². The third-order valence-corrected chi connectivity index (χ3v) is 2.30. The van der Waals surface area contributed by atoms with E-state index < -0.39 is 17.5 Å². The summed E-state index contributed by atoms with van der Waals surface area (Å²) in [4.78, 5) is 23.1. The lowest BCUT2D eigenvalue weighted by Gasteiger charge is -2.20. The summed E-state index contributed by atoms with van der Waals surface area (Å²) in [5, 5.41) is 2.45. The van der Waals surface area contributed by atoms with Crippen LogP contribution >= 0.6 is 0 Å². The van der Waals surface area contributed by atoms with E-state index in [4.69, 9.17) is 4.74 Å². The van der Waals surface area contributed by atoms with Gasteiger partial charge in [0.15, 0.2) is 5.78 Å². The molecule has 0 aliphatic heterocycles. The largest absolute Gasteiger partial charge is 0.444 e. The van der Waals surface area contributed by atoms with Gasteiger partial charge in [0.25, 0.3) is 0 Å². The van der Waals surface area contributed by atoms with Crippen molar-refractivity contribution in [3.05, 3.63) is 42.2 Å². The van der Waals surface area contributed by atoms with E-state index in [0.29, 0.717) is 5.56 Å². The molecule has 1 amide bonds. The number of halogens is 1. The second kappa shape index (κ2) is 6.32. The van der Waals surface area contributed by atoms with Crippen molar-refractivity contribution in [2.24, 2.45) is 0 Å². The maximum Gasteiger partial charge on any atom is 0.412 e. The number of hydrogen-bond donors (Lipinski definition) is 1. The minimum Gasteiger partial charge on any atom is -0.444 e. The predicted molar refractivity (Wildman–Crippen MR) is 75.2 cm³/mol. The first-order valence-electron chi connectivity index (χ1n) is 6.15.